The van der Waals surface area contributed by atoms with Crippen molar-refractivity contribution in [3.05, 3.63) is 35.9 Å². The number of ether oxygens (including phenoxy) is 1. The second-order valence-electron chi connectivity index (χ2n) is 5.85. The van der Waals surface area contributed by atoms with Gasteiger partial charge in [-0.05, 0) is 43.1 Å². The number of hydrogen-bond acceptors (Lipinski definition) is 3. The fraction of sp³-hybridized carbons (Fsp3) is 0.588. The molecule has 1 fully saturated rings. The first-order valence-electron chi connectivity index (χ1n) is 7.68. The number of rotatable bonds is 8. The zero-order valence-electron chi connectivity index (χ0n) is 12.3. The van der Waals surface area contributed by atoms with Crippen LogP contribution in [-0.2, 0) is 16.1 Å². The third kappa shape index (κ3) is 5.14. The summed E-state index contributed by atoms with van der Waals surface area (Å²) in [5.74, 6) is -0.535. The van der Waals surface area contributed by atoms with Crippen molar-refractivity contribution in [3.8, 4) is 0 Å². The van der Waals surface area contributed by atoms with Crippen LogP contribution in [0.2, 0.25) is 0 Å². The summed E-state index contributed by atoms with van der Waals surface area (Å²) in [7, 11) is 0. The molecule has 0 saturated heterocycles. The molecule has 1 aliphatic rings. The lowest BCUT2D eigenvalue weighted by atomic mass is 9.88. The lowest BCUT2D eigenvalue weighted by Crippen LogP contribution is -2.21. The molecule has 0 aliphatic heterocycles. The predicted molar refractivity (Wildman–Crippen MR) is 79.8 cm³/mol. The molecule has 0 radical (unpaired) electrons. The quantitative estimate of drug-likeness (QED) is 0.723. The third-order valence-electron chi connectivity index (χ3n) is 4.31. The van der Waals surface area contributed by atoms with Crippen LogP contribution in [0.4, 0.5) is 0 Å². The number of hydrogen-bond donors (Lipinski definition) is 2. The Morgan fingerprint density at radius 1 is 1.24 bits per heavy atom. The number of benzene rings is 1. The van der Waals surface area contributed by atoms with Crippen LogP contribution in [0.15, 0.2) is 30.3 Å². The first-order chi connectivity index (χ1) is 10.2. The highest BCUT2D eigenvalue weighted by atomic mass is 16.5. The second kappa shape index (κ2) is 8.15. The molecule has 2 N–H and O–H groups in total. The Bertz CT molecular complexity index is 432. The van der Waals surface area contributed by atoms with Crippen LogP contribution in [0.3, 0.4) is 0 Å². The summed E-state index contributed by atoms with van der Waals surface area (Å²) in [5, 5.41) is 18.9. The number of aliphatic hydroxyl groups is 1. The fourth-order valence-electron chi connectivity index (χ4n) is 3.22. The molecule has 0 heterocycles. The van der Waals surface area contributed by atoms with E-state index >= 15 is 0 Å². The maximum atomic E-state index is 10.8. The summed E-state index contributed by atoms with van der Waals surface area (Å²) in [6.45, 7) is 1.25. The van der Waals surface area contributed by atoms with Gasteiger partial charge in [-0.15, -0.1) is 0 Å². The second-order valence-corrected chi connectivity index (χ2v) is 5.85. The van der Waals surface area contributed by atoms with Crippen LogP contribution in [-0.4, -0.2) is 28.9 Å². The van der Waals surface area contributed by atoms with Crippen molar-refractivity contribution in [1.82, 2.24) is 0 Å². The smallest absolute Gasteiger partial charge is 0.303 e. The van der Waals surface area contributed by atoms with Crippen LogP contribution >= 0.6 is 0 Å². The molecule has 3 atom stereocenters. The number of aliphatic carboxylic acids is 1. The average Bonchev–Trinajstić information content (AvgIpc) is 2.80. The van der Waals surface area contributed by atoms with Crippen molar-refractivity contribution in [2.75, 3.05) is 6.61 Å². The lowest BCUT2D eigenvalue weighted by Gasteiger charge is -2.20. The Labute approximate surface area is 125 Å². The maximum Gasteiger partial charge on any atom is 0.303 e. The molecule has 1 aliphatic carbocycles. The summed E-state index contributed by atoms with van der Waals surface area (Å²) in [6.07, 6.45) is 3.09. The molecule has 4 heteroatoms. The number of carbonyl (C=O) groups is 1. The summed E-state index contributed by atoms with van der Waals surface area (Å²) in [4.78, 5) is 10.8. The van der Waals surface area contributed by atoms with Gasteiger partial charge in [-0.1, -0.05) is 30.3 Å². The van der Waals surface area contributed by atoms with Crippen molar-refractivity contribution < 1.29 is 19.7 Å². The first-order valence-corrected chi connectivity index (χ1v) is 7.68. The number of carboxylic acid groups (broad SMARTS) is 1. The number of carboxylic acids is 1. The van der Waals surface area contributed by atoms with Crippen LogP contribution in [0, 0.1) is 11.8 Å². The zero-order valence-corrected chi connectivity index (χ0v) is 12.3. The van der Waals surface area contributed by atoms with Crippen LogP contribution in [0.25, 0.3) is 0 Å². The SMILES string of the molecule is O=C(O)CC1CCC(O)C1CCCOCc1ccccc1. The van der Waals surface area contributed by atoms with Crippen molar-refractivity contribution in [2.45, 2.75) is 44.8 Å². The minimum atomic E-state index is -0.764. The lowest BCUT2D eigenvalue weighted by molar-refractivity contribution is -0.138. The van der Waals surface area contributed by atoms with Gasteiger partial charge in [0.05, 0.1) is 12.7 Å². The monoisotopic (exact) mass is 292 g/mol. The van der Waals surface area contributed by atoms with Gasteiger partial charge in [0.25, 0.3) is 0 Å². The molecule has 0 spiro atoms. The molecule has 21 heavy (non-hydrogen) atoms. The summed E-state index contributed by atoms with van der Waals surface area (Å²) in [5.41, 5.74) is 1.15. The van der Waals surface area contributed by atoms with E-state index in [-0.39, 0.29) is 24.4 Å². The Hall–Kier alpha value is -1.39. The maximum absolute atomic E-state index is 10.8. The Morgan fingerprint density at radius 3 is 2.71 bits per heavy atom. The minimum absolute atomic E-state index is 0.112. The Morgan fingerprint density at radius 2 is 2.00 bits per heavy atom. The van der Waals surface area contributed by atoms with Crippen molar-refractivity contribution >= 4 is 5.97 Å². The Kier molecular flexibility index (Phi) is 6.21. The van der Waals surface area contributed by atoms with Crippen molar-refractivity contribution in [1.29, 1.82) is 0 Å². The van der Waals surface area contributed by atoms with Crippen LogP contribution in [0.1, 0.15) is 37.7 Å². The highest BCUT2D eigenvalue weighted by Crippen LogP contribution is 2.37. The van der Waals surface area contributed by atoms with Gasteiger partial charge in [-0.3, -0.25) is 4.79 Å². The van der Waals surface area contributed by atoms with Gasteiger partial charge in [0.1, 0.15) is 0 Å². The fourth-order valence-corrected chi connectivity index (χ4v) is 3.22. The van der Waals surface area contributed by atoms with E-state index in [0.717, 1.165) is 31.2 Å². The molecular weight excluding hydrogens is 268 g/mol. The standard InChI is InChI=1S/C17H24O4/c18-16-9-8-14(11-17(19)20)15(16)7-4-10-21-12-13-5-2-1-3-6-13/h1-3,5-6,14-16,18H,4,7-12H2,(H,19,20). The van der Waals surface area contributed by atoms with E-state index < -0.39 is 5.97 Å². The topological polar surface area (TPSA) is 66.8 Å². The molecule has 0 bridgehead atoms. The van der Waals surface area contributed by atoms with Gasteiger partial charge < -0.3 is 14.9 Å². The van der Waals surface area contributed by atoms with Gasteiger partial charge >= 0.3 is 5.97 Å². The highest BCUT2D eigenvalue weighted by molar-refractivity contribution is 5.67. The highest BCUT2D eigenvalue weighted by Gasteiger charge is 2.35. The summed E-state index contributed by atoms with van der Waals surface area (Å²) >= 11 is 0. The molecule has 2 rings (SSSR count). The van der Waals surface area contributed by atoms with E-state index in [1.165, 1.54) is 0 Å². The molecule has 1 saturated carbocycles. The normalized spacial score (nSPS) is 25.1. The van der Waals surface area contributed by atoms with E-state index in [1.807, 2.05) is 30.3 Å². The van der Waals surface area contributed by atoms with Gasteiger partial charge in [-0.2, -0.15) is 0 Å². The van der Waals surface area contributed by atoms with Crippen LogP contribution in [0.5, 0.6) is 0 Å². The Balaban J connectivity index is 1.66. The molecular formula is C17H24O4. The third-order valence-corrected chi connectivity index (χ3v) is 4.31. The molecule has 0 aromatic heterocycles. The molecule has 1 aromatic rings. The molecule has 3 unspecified atom stereocenters. The molecule has 116 valence electrons. The van der Waals surface area contributed by atoms with Gasteiger partial charge in [-0.25, -0.2) is 0 Å². The number of aliphatic hydroxyl groups excluding tert-OH is 1. The van der Waals surface area contributed by atoms with E-state index in [4.69, 9.17) is 9.84 Å². The average molecular weight is 292 g/mol. The minimum Gasteiger partial charge on any atom is -0.481 e. The zero-order chi connectivity index (χ0) is 15.1. The molecule has 4 nitrogen and oxygen atoms in total. The van der Waals surface area contributed by atoms with Gasteiger partial charge in [0.15, 0.2) is 0 Å². The van der Waals surface area contributed by atoms with Crippen LogP contribution < -0.4 is 0 Å². The first kappa shape index (κ1) is 16.0. The van der Waals surface area contributed by atoms with E-state index in [0.29, 0.717) is 13.2 Å². The predicted octanol–water partition coefficient (Wildman–Crippen LogP) is 2.85. The van der Waals surface area contributed by atoms with E-state index in [1.54, 1.807) is 0 Å². The van der Waals surface area contributed by atoms with Gasteiger partial charge in [0, 0.05) is 13.0 Å². The summed E-state index contributed by atoms with van der Waals surface area (Å²) < 4.78 is 5.63. The summed E-state index contributed by atoms with van der Waals surface area (Å²) in [6, 6.07) is 10.0. The van der Waals surface area contributed by atoms with E-state index in [2.05, 4.69) is 0 Å². The molecule has 1 aromatic carbocycles. The largest absolute Gasteiger partial charge is 0.481 e. The van der Waals surface area contributed by atoms with E-state index in [9.17, 15) is 9.90 Å². The van der Waals surface area contributed by atoms with Crippen molar-refractivity contribution in [2.24, 2.45) is 11.8 Å². The van der Waals surface area contributed by atoms with Crippen molar-refractivity contribution in [3.63, 3.8) is 0 Å². The van der Waals surface area contributed by atoms with Gasteiger partial charge in [0.2, 0.25) is 0 Å². The molecule has 0 amide bonds.